The molecule has 7 heteroatoms. The molecule has 2 saturated heterocycles. The van der Waals surface area contributed by atoms with Gasteiger partial charge in [0.1, 0.15) is 11.6 Å². The van der Waals surface area contributed by atoms with Gasteiger partial charge in [-0.1, -0.05) is 79.4 Å². The van der Waals surface area contributed by atoms with Crippen molar-refractivity contribution in [3.05, 3.63) is 77.9 Å². The molecule has 1 aliphatic carbocycles. The lowest BCUT2D eigenvalue weighted by molar-refractivity contribution is -0.141. The van der Waals surface area contributed by atoms with E-state index >= 15 is 0 Å². The van der Waals surface area contributed by atoms with Gasteiger partial charge >= 0.3 is 0 Å². The molecule has 0 aromatic heterocycles. The van der Waals surface area contributed by atoms with Crippen molar-refractivity contribution in [3.8, 4) is 0 Å². The molecule has 7 nitrogen and oxygen atoms in total. The molecule has 1 saturated carbocycles. The Labute approximate surface area is 223 Å². The fourth-order valence-corrected chi connectivity index (χ4v) is 6.79. The number of carbonyl (C=O) groups is 3. The van der Waals surface area contributed by atoms with E-state index in [1.165, 1.54) is 6.42 Å². The maximum absolute atomic E-state index is 14.1. The summed E-state index contributed by atoms with van der Waals surface area (Å²) in [7, 11) is 0. The zero-order valence-electron chi connectivity index (χ0n) is 21.8. The molecule has 2 aromatic carbocycles. The summed E-state index contributed by atoms with van der Waals surface area (Å²) in [5, 5.41) is 6.23. The summed E-state index contributed by atoms with van der Waals surface area (Å²) in [5.74, 6) is -2.03. The van der Waals surface area contributed by atoms with Gasteiger partial charge in [0.25, 0.3) is 0 Å². The van der Waals surface area contributed by atoms with Crippen LogP contribution < -0.4 is 10.6 Å². The standard InChI is InChI=1S/C31H35N3O4/c1-20-12-14-23(15-13-20)32-28(35)25-24-16-18-31(38-24)26(25)30(37)34(19-17-21-8-4-2-5-9-21)27(31)29(36)33-22-10-6-3-7-11-22/h2,4-5,8-9,12-16,18,22,24-27H,3,6-7,10-11,17,19H2,1H3,(H,32,35)(H,33,36)/t24-,25+,26-,27-,31-/m0/s1. The van der Waals surface area contributed by atoms with Crippen molar-refractivity contribution >= 4 is 23.4 Å². The van der Waals surface area contributed by atoms with Gasteiger partial charge in [-0.05, 0) is 43.9 Å². The van der Waals surface area contributed by atoms with Gasteiger partial charge in [0.05, 0.1) is 17.9 Å². The molecular weight excluding hydrogens is 478 g/mol. The number of anilines is 1. The fraction of sp³-hybridized carbons (Fsp3) is 0.452. The number of nitrogens with one attached hydrogen (secondary N) is 2. The van der Waals surface area contributed by atoms with Gasteiger partial charge < -0.3 is 20.3 Å². The molecular formula is C31H35N3O4. The summed E-state index contributed by atoms with van der Waals surface area (Å²) >= 11 is 0. The molecule has 4 aliphatic rings. The van der Waals surface area contributed by atoms with Gasteiger partial charge in [0.2, 0.25) is 17.7 Å². The van der Waals surface area contributed by atoms with E-state index < -0.39 is 29.6 Å². The molecule has 5 atom stereocenters. The van der Waals surface area contributed by atoms with Crippen LogP contribution >= 0.6 is 0 Å². The van der Waals surface area contributed by atoms with Gasteiger partial charge in [-0.25, -0.2) is 0 Å². The topological polar surface area (TPSA) is 87.7 Å². The molecule has 198 valence electrons. The van der Waals surface area contributed by atoms with Crippen molar-refractivity contribution < 1.29 is 19.1 Å². The van der Waals surface area contributed by atoms with E-state index in [-0.39, 0.29) is 23.8 Å². The number of benzene rings is 2. The van der Waals surface area contributed by atoms with E-state index in [0.29, 0.717) is 18.7 Å². The number of hydrogen-bond acceptors (Lipinski definition) is 4. The molecule has 0 radical (unpaired) electrons. The van der Waals surface area contributed by atoms with E-state index in [2.05, 4.69) is 10.6 Å². The van der Waals surface area contributed by atoms with Gasteiger partial charge in [0, 0.05) is 18.3 Å². The average molecular weight is 514 g/mol. The summed E-state index contributed by atoms with van der Waals surface area (Å²) in [4.78, 5) is 43.2. The average Bonchev–Trinajstić information content (AvgIpc) is 3.57. The largest absolute Gasteiger partial charge is 0.359 e. The van der Waals surface area contributed by atoms with Crippen molar-refractivity contribution in [2.75, 3.05) is 11.9 Å². The highest BCUT2D eigenvalue weighted by atomic mass is 16.5. The fourth-order valence-electron chi connectivity index (χ4n) is 6.79. The first-order valence-corrected chi connectivity index (χ1v) is 13.9. The van der Waals surface area contributed by atoms with Crippen molar-refractivity contribution in [3.63, 3.8) is 0 Å². The lowest BCUT2D eigenvalue weighted by Gasteiger charge is -2.34. The summed E-state index contributed by atoms with van der Waals surface area (Å²) < 4.78 is 6.45. The second-order valence-electron chi connectivity index (χ2n) is 11.2. The van der Waals surface area contributed by atoms with E-state index in [1.807, 2.05) is 73.7 Å². The Kier molecular flexibility index (Phi) is 6.56. The summed E-state index contributed by atoms with van der Waals surface area (Å²) in [6, 6.07) is 16.9. The van der Waals surface area contributed by atoms with Gasteiger partial charge in [-0.2, -0.15) is 0 Å². The van der Waals surface area contributed by atoms with Gasteiger partial charge in [0.15, 0.2) is 0 Å². The number of likely N-dealkylation sites (tertiary alicyclic amines) is 1. The monoisotopic (exact) mass is 513 g/mol. The first-order valence-electron chi connectivity index (χ1n) is 13.9. The lowest BCUT2D eigenvalue weighted by atomic mass is 9.74. The van der Waals surface area contributed by atoms with Crippen LogP contribution in [0.2, 0.25) is 0 Å². The number of fused-ring (bicyclic) bond motifs is 1. The van der Waals surface area contributed by atoms with Crippen LogP contribution in [0, 0.1) is 18.8 Å². The van der Waals surface area contributed by atoms with Crippen LogP contribution in [0.25, 0.3) is 0 Å². The predicted molar refractivity (Wildman–Crippen MR) is 144 cm³/mol. The Morgan fingerprint density at radius 1 is 1.00 bits per heavy atom. The van der Waals surface area contributed by atoms with E-state index in [9.17, 15) is 14.4 Å². The Balaban J connectivity index is 1.29. The maximum Gasteiger partial charge on any atom is 0.246 e. The van der Waals surface area contributed by atoms with Crippen LogP contribution in [0.15, 0.2) is 66.7 Å². The minimum atomic E-state index is -1.13. The third kappa shape index (κ3) is 4.33. The molecule has 3 heterocycles. The van der Waals surface area contributed by atoms with Crippen LogP contribution in [-0.4, -0.2) is 53.0 Å². The molecule has 38 heavy (non-hydrogen) atoms. The number of nitrogens with zero attached hydrogens (tertiary/aromatic N) is 1. The molecule has 6 rings (SSSR count). The highest BCUT2D eigenvalue weighted by Crippen LogP contribution is 2.55. The van der Waals surface area contributed by atoms with Crippen molar-refractivity contribution in [2.24, 2.45) is 11.8 Å². The SMILES string of the molecule is Cc1ccc(NC(=O)[C@@H]2[C@@H]3C=C[C@]4(O3)[C@@H]2C(=O)N(CCc2ccccc2)[C@H]4C(=O)NC2CCCCC2)cc1. The second kappa shape index (κ2) is 10.0. The van der Waals surface area contributed by atoms with Gasteiger partial charge in [-0.15, -0.1) is 0 Å². The first kappa shape index (κ1) is 24.9. The zero-order valence-corrected chi connectivity index (χ0v) is 21.8. The third-order valence-corrected chi connectivity index (χ3v) is 8.68. The molecule has 3 amide bonds. The number of amides is 3. The van der Waals surface area contributed by atoms with Crippen LogP contribution in [0.3, 0.4) is 0 Å². The number of ether oxygens (including phenoxy) is 1. The third-order valence-electron chi connectivity index (χ3n) is 8.68. The number of rotatable bonds is 7. The van der Waals surface area contributed by atoms with Crippen molar-refractivity contribution in [2.45, 2.75) is 69.2 Å². The summed E-state index contributed by atoms with van der Waals surface area (Å²) in [5.41, 5.74) is 1.74. The lowest BCUT2D eigenvalue weighted by Crippen LogP contribution is -2.56. The van der Waals surface area contributed by atoms with Crippen molar-refractivity contribution in [1.29, 1.82) is 0 Å². The minimum Gasteiger partial charge on any atom is -0.359 e. The molecule has 1 spiro atoms. The van der Waals surface area contributed by atoms with Crippen LogP contribution in [0.5, 0.6) is 0 Å². The first-order chi connectivity index (χ1) is 18.5. The summed E-state index contributed by atoms with van der Waals surface area (Å²) in [6.45, 7) is 2.38. The number of aryl methyl sites for hydroxylation is 1. The summed E-state index contributed by atoms with van der Waals surface area (Å²) in [6.07, 6.45) is 9.12. The molecule has 2 aromatic rings. The quantitative estimate of drug-likeness (QED) is 0.552. The van der Waals surface area contributed by atoms with E-state index in [0.717, 1.165) is 36.8 Å². The molecule has 3 aliphatic heterocycles. The highest BCUT2D eigenvalue weighted by Gasteiger charge is 2.72. The predicted octanol–water partition coefficient (Wildman–Crippen LogP) is 3.78. The van der Waals surface area contributed by atoms with Crippen LogP contribution in [-0.2, 0) is 25.5 Å². The number of carbonyl (C=O) groups excluding carboxylic acids is 3. The Morgan fingerprint density at radius 3 is 2.47 bits per heavy atom. The van der Waals surface area contributed by atoms with E-state index in [4.69, 9.17) is 4.74 Å². The number of hydrogen-bond donors (Lipinski definition) is 2. The Bertz CT molecular complexity index is 1240. The maximum atomic E-state index is 14.1. The normalized spacial score (nSPS) is 29.9. The Morgan fingerprint density at radius 2 is 1.74 bits per heavy atom. The molecule has 2 N–H and O–H groups in total. The van der Waals surface area contributed by atoms with Crippen molar-refractivity contribution in [1.82, 2.24) is 10.2 Å². The molecule has 2 bridgehead atoms. The molecule has 3 fully saturated rings. The Hall–Kier alpha value is -3.45. The highest BCUT2D eigenvalue weighted by molar-refractivity contribution is 6.02. The molecule has 0 unspecified atom stereocenters. The van der Waals surface area contributed by atoms with Gasteiger partial charge in [-0.3, -0.25) is 14.4 Å². The zero-order chi connectivity index (χ0) is 26.3. The van der Waals surface area contributed by atoms with Crippen LogP contribution in [0.1, 0.15) is 43.2 Å². The van der Waals surface area contributed by atoms with Crippen LogP contribution in [0.4, 0.5) is 5.69 Å². The smallest absolute Gasteiger partial charge is 0.246 e. The second-order valence-corrected chi connectivity index (χ2v) is 11.2. The minimum absolute atomic E-state index is 0.112. The van der Waals surface area contributed by atoms with E-state index in [1.54, 1.807) is 4.90 Å².